The van der Waals surface area contributed by atoms with Crippen molar-refractivity contribution in [3.8, 4) is 0 Å². The first kappa shape index (κ1) is 45.4. The molecule has 0 spiro atoms. The lowest BCUT2D eigenvalue weighted by Gasteiger charge is -2.18. The molecule has 0 N–H and O–H groups in total. The van der Waals surface area contributed by atoms with Crippen LogP contribution in [0.15, 0.2) is 48.6 Å². The summed E-state index contributed by atoms with van der Waals surface area (Å²) in [7, 11) is 0. The third kappa shape index (κ3) is 34.7. The average molecular weight is 673 g/mol. The lowest BCUT2D eigenvalue weighted by molar-refractivity contribution is -0.167. The first-order valence-electron chi connectivity index (χ1n) is 19.6. The fourth-order valence-electron chi connectivity index (χ4n) is 5.14. The molecule has 0 aliphatic rings. The van der Waals surface area contributed by atoms with E-state index < -0.39 is 6.10 Å². The minimum atomic E-state index is -0.780. The molecule has 6 nitrogen and oxygen atoms in total. The van der Waals surface area contributed by atoms with Crippen LogP contribution in [0.25, 0.3) is 0 Å². The molecule has 0 aromatic heterocycles. The lowest BCUT2D eigenvalue weighted by Crippen LogP contribution is -2.30. The number of rotatable bonds is 34. The normalized spacial score (nSPS) is 12.5. The maximum atomic E-state index is 12.6. The summed E-state index contributed by atoms with van der Waals surface area (Å²) in [6, 6.07) is 0. The van der Waals surface area contributed by atoms with Crippen LogP contribution in [0.5, 0.6) is 0 Å². The Bertz CT molecular complexity index is 871. The number of unbranched alkanes of at least 4 members (excludes halogenated alkanes) is 15. The Labute approximate surface area is 295 Å². The van der Waals surface area contributed by atoms with Gasteiger partial charge in [-0.3, -0.25) is 14.4 Å². The van der Waals surface area contributed by atoms with E-state index in [4.69, 9.17) is 14.2 Å². The van der Waals surface area contributed by atoms with Crippen molar-refractivity contribution < 1.29 is 28.6 Å². The second-order valence-electron chi connectivity index (χ2n) is 12.8. The largest absolute Gasteiger partial charge is 0.462 e. The van der Waals surface area contributed by atoms with Crippen molar-refractivity contribution in [3.05, 3.63) is 48.6 Å². The molecule has 0 heterocycles. The first-order valence-corrected chi connectivity index (χ1v) is 19.6. The number of hydrogen-bond acceptors (Lipinski definition) is 6. The van der Waals surface area contributed by atoms with E-state index in [2.05, 4.69) is 69.4 Å². The summed E-state index contributed by atoms with van der Waals surface area (Å²) < 4.78 is 16.5. The van der Waals surface area contributed by atoms with E-state index in [9.17, 15) is 14.4 Å². The van der Waals surface area contributed by atoms with Crippen molar-refractivity contribution in [2.45, 2.75) is 187 Å². The molecule has 0 aliphatic heterocycles. The number of carbonyl (C=O) groups excluding carboxylic acids is 3. The van der Waals surface area contributed by atoms with Gasteiger partial charge in [0.2, 0.25) is 0 Å². The predicted molar refractivity (Wildman–Crippen MR) is 201 cm³/mol. The van der Waals surface area contributed by atoms with Gasteiger partial charge in [0.25, 0.3) is 0 Å². The van der Waals surface area contributed by atoms with Crippen LogP contribution in [0.2, 0.25) is 0 Å². The topological polar surface area (TPSA) is 78.9 Å². The summed E-state index contributed by atoms with van der Waals surface area (Å²) in [6.07, 6.45) is 41.2. The Balaban J connectivity index is 4.35. The fraction of sp³-hybridized carbons (Fsp3) is 0.738. The fourth-order valence-corrected chi connectivity index (χ4v) is 5.14. The Morgan fingerprint density at radius 3 is 1.27 bits per heavy atom. The molecule has 0 amide bonds. The van der Waals surface area contributed by atoms with Crippen LogP contribution >= 0.6 is 0 Å². The Morgan fingerprint density at radius 2 is 0.812 bits per heavy atom. The monoisotopic (exact) mass is 673 g/mol. The third-order valence-electron chi connectivity index (χ3n) is 8.10. The van der Waals surface area contributed by atoms with Crippen LogP contribution in [0.1, 0.15) is 181 Å². The highest BCUT2D eigenvalue weighted by Gasteiger charge is 2.19. The first-order chi connectivity index (χ1) is 23.5. The van der Waals surface area contributed by atoms with E-state index in [0.717, 1.165) is 89.9 Å². The van der Waals surface area contributed by atoms with Crippen LogP contribution in [-0.4, -0.2) is 37.2 Å². The minimum Gasteiger partial charge on any atom is -0.462 e. The molecule has 276 valence electrons. The zero-order chi connectivity index (χ0) is 35.2. The van der Waals surface area contributed by atoms with Gasteiger partial charge in [0.15, 0.2) is 6.10 Å². The van der Waals surface area contributed by atoms with Crippen molar-refractivity contribution in [3.63, 3.8) is 0 Å². The van der Waals surface area contributed by atoms with Crippen molar-refractivity contribution in [1.82, 2.24) is 0 Å². The highest BCUT2D eigenvalue weighted by atomic mass is 16.6. The van der Waals surface area contributed by atoms with E-state index in [1.54, 1.807) is 0 Å². The van der Waals surface area contributed by atoms with E-state index in [1.165, 1.54) is 51.4 Å². The molecule has 0 aromatic rings. The molecule has 1 atom stereocenters. The van der Waals surface area contributed by atoms with Gasteiger partial charge in [0, 0.05) is 19.3 Å². The number of allylic oxidation sites excluding steroid dienone is 8. The van der Waals surface area contributed by atoms with E-state index >= 15 is 0 Å². The maximum Gasteiger partial charge on any atom is 0.306 e. The Hall–Kier alpha value is -2.63. The summed E-state index contributed by atoms with van der Waals surface area (Å²) >= 11 is 0. The molecule has 0 bridgehead atoms. The molecule has 0 radical (unpaired) electrons. The van der Waals surface area contributed by atoms with E-state index in [0.29, 0.717) is 19.3 Å². The average Bonchev–Trinajstić information content (AvgIpc) is 3.08. The van der Waals surface area contributed by atoms with Gasteiger partial charge in [-0.15, -0.1) is 0 Å². The highest BCUT2D eigenvalue weighted by Crippen LogP contribution is 2.13. The van der Waals surface area contributed by atoms with Gasteiger partial charge in [-0.25, -0.2) is 0 Å². The van der Waals surface area contributed by atoms with Gasteiger partial charge in [-0.05, 0) is 57.8 Å². The third-order valence-corrected chi connectivity index (χ3v) is 8.10. The SMILES string of the molecule is CC/C=C\C/C=C\C/C=C\C/C=C\CCCCC(=O)OCC(COC(=O)CCCCCCC)OC(=O)CCCCCCCCCCCC. The molecular formula is C42H72O6. The maximum absolute atomic E-state index is 12.6. The van der Waals surface area contributed by atoms with E-state index in [1.807, 2.05) is 0 Å². The molecule has 0 fully saturated rings. The molecule has 48 heavy (non-hydrogen) atoms. The van der Waals surface area contributed by atoms with Gasteiger partial charge in [0.1, 0.15) is 13.2 Å². The number of esters is 3. The van der Waals surface area contributed by atoms with Crippen LogP contribution in [0.4, 0.5) is 0 Å². The van der Waals surface area contributed by atoms with Gasteiger partial charge < -0.3 is 14.2 Å². The zero-order valence-corrected chi connectivity index (χ0v) is 31.2. The van der Waals surface area contributed by atoms with Crippen LogP contribution < -0.4 is 0 Å². The second-order valence-corrected chi connectivity index (χ2v) is 12.8. The molecule has 0 rings (SSSR count). The molecule has 1 unspecified atom stereocenters. The molecule has 6 heteroatoms. The minimum absolute atomic E-state index is 0.0866. The Morgan fingerprint density at radius 1 is 0.438 bits per heavy atom. The molecule has 0 aromatic carbocycles. The van der Waals surface area contributed by atoms with Gasteiger partial charge in [-0.1, -0.05) is 153 Å². The smallest absolute Gasteiger partial charge is 0.306 e. The van der Waals surface area contributed by atoms with Crippen LogP contribution in [0.3, 0.4) is 0 Å². The van der Waals surface area contributed by atoms with Gasteiger partial charge in [-0.2, -0.15) is 0 Å². The molecule has 0 saturated carbocycles. The zero-order valence-electron chi connectivity index (χ0n) is 31.2. The number of hydrogen-bond donors (Lipinski definition) is 0. The quantitative estimate of drug-likeness (QED) is 0.0293. The molecular weight excluding hydrogens is 600 g/mol. The van der Waals surface area contributed by atoms with Crippen molar-refractivity contribution >= 4 is 17.9 Å². The van der Waals surface area contributed by atoms with Crippen molar-refractivity contribution in [1.29, 1.82) is 0 Å². The van der Waals surface area contributed by atoms with Crippen LogP contribution in [0, 0.1) is 0 Å². The molecule has 0 saturated heterocycles. The number of carbonyl (C=O) groups is 3. The summed E-state index contributed by atoms with van der Waals surface area (Å²) in [4.78, 5) is 37.2. The second kappa shape index (κ2) is 37.2. The standard InChI is InChI=1S/C42H72O6/c1-4-7-10-13-15-17-19-20-21-22-23-25-26-29-32-35-41(44)47-38-39(37-46-40(43)34-31-28-12-9-6-3)48-42(45)36-33-30-27-24-18-16-14-11-8-5-2/h7,10,15,17,20-21,23,25,39H,4-6,8-9,11-14,16,18-19,22,24,26-38H2,1-3H3/b10-7-,17-15-,21-20-,25-23-. The summed E-state index contributed by atoms with van der Waals surface area (Å²) in [5.74, 6) is -0.952. The highest BCUT2D eigenvalue weighted by molar-refractivity contribution is 5.71. The number of ether oxygens (including phenoxy) is 3. The van der Waals surface area contributed by atoms with Crippen molar-refractivity contribution in [2.75, 3.05) is 13.2 Å². The van der Waals surface area contributed by atoms with Gasteiger partial charge in [0.05, 0.1) is 0 Å². The van der Waals surface area contributed by atoms with E-state index in [-0.39, 0.29) is 31.1 Å². The summed E-state index contributed by atoms with van der Waals surface area (Å²) in [5.41, 5.74) is 0. The van der Waals surface area contributed by atoms with Gasteiger partial charge >= 0.3 is 17.9 Å². The predicted octanol–water partition coefficient (Wildman–Crippen LogP) is 12.0. The molecule has 0 aliphatic carbocycles. The summed E-state index contributed by atoms with van der Waals surface area (Å²) in [6.45, 7) is 6.36. The lowest BCUT2D eigenvalue weighted by atomic mass is 10.1. The Kier molecular flexibility index (Phi) is 35.2. The van der Waals surface area contributed by atoms with Crippen LogP contribution in [-0.2, 0) is 28.6 Å². The summed E-state index contributed by atoms with van der Waals surface area (Å²) in [5, 5.41) is 0. The van der Waals surface area contributed by atoms with Crippen molar-refractivity contribution in [2.24, 2.45) is 0 Å².